The Kier molecular flexibility index (Phi) is 4.18. The molecular weight excluding hydrogens is 317 g/mol. The first-order valence-corrected chi connectivity index (χ1v) is 7.75. The van der Waals surface area contributed by atoms with Gasteiger partial charge in [-0.15, -0.1) is 0 Å². The van der Waals surface area contributed by atoms with Crippen LogP contribution in [0, 0.1) is 11.7 Å². The Morgan fingerprint density at radius 2 is 1.90 bits per heavy atom. The molecule has 1 aliphatic rings. The van der Waals surface area contributed by atoms with E-state index >= 15 is 0 Å². The summed E-state index contributed by atoms with van der Waals surface area (Å²) in [6, 6.07) is 16.2. The molecule has 2 aromatic carbocycles. The monoisotopic (exact) mass is 333 g/mol. The molecule has 0 amide bonds. The van der Waals surface area contributed by atoms with Crippen molar-refractivity contribution in [3.8, 4) is 0 Å². The summed E-state index contributed by atoms with van der Waals surface area (Å²) in [5, 5.41) is 3.62. The van der Waals surface area contributed by atoms with Crippen LogP contribution in [0.2, 0.25) is 0 Å². The van der Waals surface area contributed by atoms with Crippen molar-refractivity contribution < 1.29 is 4.39 Å². The first-order chi connectivity index (χ1) is 9.74. The zero-order valence-corrected chi connectivity index (χ0v) is 12.7. The molecule has 1 aliphatic carbocycles. The molecule has 0 spiro atoms. The molecule has 1 nitrogen and oxygen atoms in total. The number of halogens is 2. The van der Waals surface area contributed by atoms with Crippen molar-refractivity contribution in [2.45, 2.75) is 25.4 Å². The predicted molar refractivity (Wildman–Crippen MR) is 82.8 cm³/mol. The third kappa shape index (κ3) is 3.28. The summed E-state index contributed by atoms with van der Waals surface area (Å²) in [5.74, 6) is 0.525. The van der Waals surface area contributed by atoms with Gasteiger partial charge in [-0.1, -0.05) is 36.4 Å². The molecule has 1 N–H and O–H groups in total. The van der Waals surface area contributed by atoms with E-state index in [1.54, 1.807) is 0 Å². The number of nitrogens with one attached hydrogen (secondary N) is 1. The molecule has 1 atom stereocenters. The molecule has 2 aromatic rings. The molecular formula is C17H17BrFN. The van der Waals surface area contributed by atoms with E-state index in [-0.39, 0.29) is 5.82 Å². The molecule has 20 heavy (non-hydrogen) atoms. The lowest BCUT2D eigenvalue weighted by Gasteiger charge is -2.19. The third-order valence-electron chi connectivity index (χ3n) is 3.76. The summed E-state index contributed by atoms with van der Waals surface area (Å²) in [4.78, 5) is 0. The highest BCUT2D eigenvalue weighted by Gasteiger charge is 2.31. The maximum Gasteiger partial charge on any atom is 0.137 e. The van der Waals surface area contributed by atoms with Crippen molar-refractivity contribution in [3.63, 3.8) is 0 Å². The summed E-state index contributed by atoms with van der Waals surface area (Å²) in [5.41, 5.74) is 2.44. The molecule has 0 saturated heterocycles. The van der Waals surface area contributed by atoms with Crippen LogP contribution in [0.3, 0.4) is 0 Å². The lowest BCUT2D eigenvalue weighted by molar-refractivity contribution is 0.480. The molecule has 0 aliphatic heterocycles. The highest BCUT2D eigenvalue weighted by molar-refractivity contribution is 9.10. The predicted octanol–water partition coefficient (Wildman–Crippen LogP) is 4.83. The van der Waals surface area contributed by atoms with Crippen LogP contribution >= 0.6 is 15.9 Å². The van der Waals surface area contributed by atoms with Crippen LogP contribution in [0.5, 0.6) is 0 Å². The van der Waals surface area contributed by atoms with Gasteiger partial charge in [0.25, 0.3) is 0 Å². The van der Waals surface area contributed by atoms with Gasteiger partial charge >= 0.3 is 0 Å². The standard InChI is InChI=1S/C17H17BrFN/c18-15-10-12(6-9-16(15)19)11-20-17(14-7-8-14)13-4-2-1-3-5-13/h1-6,9-10,14,17,20H,7-8,11H2. The van der Waals surface area contributed by atoms with Crippen molar-refractivity contribution in [2.24, 2.45) is 5.92 Å². The minimum Gasteiger partial charge on any atom is -0.306 e. The van der Waals surface area contributed by atoms with Crippen LogP contribution in [0.15, 0.2) is 53.0 Å². The normalized spacial score (nSPS) is 16.1. The van der Waals surface area contributed by atoms with E-state index in [0.717, 1.165) is 18.0 Å². The smallest absolute Gasteiger partial charge is 0.137 e. The van der Waals surface area contributed by atoms with Gasteiger partial charge in [0, 0.05) is 12.6 Å². The van der Waals surface area contributed by atoms with Crippen LogP contribution in [-0.4, -0.2) is 0 Å². The van der Waals surface area contributed by atoms with Crippen molar-refractivity contribution in [2.75, 3.05) is 0 Å². The Bertz CT molecular complexity index is 581. The minimum atomic E-state index is -0.212. The second-order valence-electron chi connectivity index (χ2n) is 5.36. The average Bonchev–Trinajstić information content (AvgIpc) is 3.29. The van der Waals surface area contributed by atoms with Crippen LogP contribution in [0.25, 0.3) is 0 Å². The van der Waals surface area contributed by atoms with Gasteiger partial charge in [0.15, 0.2) is 0 Å². The third-order valence-corrected chi connectivity index (χ3v) is 4.37. The van der Waals surface area contributed by atoms with Gasteiger partial charge in [0.2, 0.25) is 0 Å². The Morgan fingerprint density at radius 3 is 2.55 bits per heavy atom. The van der Waals surface area contributed by atoms with E-state index in [1.807, 2.05) is 18.2 Å². The van der Waals surface area contributed by atoms with E-state index in [4.69, 9.17) is 0 Å². The number of hydrogen-bond donors (Lipinski definition) is 1. The summed E-state index contributed by atoms with van der Waals surface area (Å²) >= 11 is 3.24. The number of benzene rings is 2. The average molecular weight is 334 g/mol. The highest BCUT2D eigenvalue weighted by Crippen LogP contribution is 2.41. The molecule has 0 heterocycles. The van der Waals surface area contributed by atoms with E-state index in [9.17, 15) is 4.39 Å². The molecule has 0 aromatic heterocycles. The van der Waals surface area contributed by atoms with Crippen molar-refractivity contribution in [3.05, 3.63) is 69.9 Å². The largest absolute Gasteiger partial charge is 0.306 e. The van der Waals surface area contributed by atoms with Gasteiger partial charge in [0.05, 0.1) is 4.47 Å². The summed E-state index contributed by atoms with van der Waals surface area (Å²) in [7, 11) is 0. The van der Waals surface area contributed by atoms with Gasteiger partial charge in [-0.05, 0) is 57.9 Å². The maximum atomic E-state index is 13.2. The molecule has 3 rings (SSSR count). The molecule has 1 saturated carbocycles. The van der Waals surface area contributed by atoms with E-state index < -0.39 is 0 Å². The molecule has 104 valence electrons. The molecule has 3 heteroatoms. The summed E-state index contributed by atoms with van der Waals surface area (Å²) in [6.45, 7) is 0.759. The fraction of sp³-hybridized carbons (Fsp3) is 0.294. The lowest BCUT2D eigenvalue weighted by Crippen LogP contribution is -2.22. The van der Waals surface area contributed by atoms with Crippen LogP contribution in [0.4, 0.5) is 4.39 Å². The van der Waals surface area contributed by atoms with Crippen LogP contribution < -0.4 is 5.32 Å². The topological polar surface area (TPSA) is 12.0 Å². The van der Waals surface area contributed by atoms with Gasteiger partial charge in [-0.2, -0.15) is 0 Å². The summed E-state index contributed by atoms with van der Waals surface area (Å²) < 4.78 is 13.8. The minimum absolute atomic E-state index is 0.212. The molecule has 0 radical (unpaired) electrons. The SMILES string of the molecule is Fc1ccc(CNC(c2ccccc2)C2CC2)cc1Br. The quantitative estimate of drug-likeness (QED) is 0.826. The zero-order chi connectivity index (χ0) is 13.9. The Balaban J connectivity index is 1.70. The Morgan fingerprint density at radius 1 is 1.15 bits per heavy atom. The van der Waals surface area contributed by atoms with E-state index in [2.05, 4.69) is 45.5 Å². The van der Waals surface area contributed by atoms with Gasteiger partial charge < -0.3 is 5.32 Å². The Labute approximate surface area is 127 Å². The molecule has 1 unspecified atom stereocenters. The molecule has 1 fully saturated rings. The first-order valence-electron chi connectivity index (χ1n) is 6.96. The van der Waals surface area contributed by atoms with Gasteiger partial charge in [-0.3, -0.25) is 0 Å². The van der Waals surface area contributed by atoms with Crippen molar-refractivity contribution >= 4 is 15.9 Å². The van der Waals surface area contributed by atoms with E-state index in [0.29, 0.717) is 10.5 Å². The summed E-state index contributed by atoms with van der Waals surface area (Å²) in [6.07, 6.45) is 2.58. The van der Waals surface area contributed by atoms with Crippen molar-refractivity contribution in [1.29, 1.82) is 0 Å². The number of hydrogen-bond acceptors (Lipinski definition) is 1. The molecule has 0 bridgehead atoms. The van der Waals surface area contributed by atoms with Crippen LogP contribution in [-0.2, 0) is 6.54 Å². The van der Waals surface area contributed by atoms with E-state index in [1.165, 1.54) is 24.5 Å². The van der Waals surface area contributed by atoms with Gasteiger partial charge in [-0.25, -0.2) is 4.39 Å². The highest BCUT2D eigenvalue weighted by atomic mass is 79.9. The lowest BCUT2D eigenvalue weighted by atomic mass is 10.0. The number of rotatable bonds is 5. The van der Waals surface area contributed by atoms with Crippen molar-refractivity contribution in [1.82, 2.24) is 5.32 Å². The second kappa shape index (κ2) is 6.06. The van der Waals surface area contributed by atoms with Crippen LogP contribution in [0.1, 0.15) is 30.0 Å². The second-order valence-corrected chi connectivity index (χ2v) is 6.21. The fourth-order valence-electron chi connectivity index (χ4n) is 2.52. The zero-order valence-electron chi connectivity index (χ0n) is 11.2. The first kappa shape index (κ1) is 13.8. The maximum absolute atomic E-state index is 13.2. The fourth-order valence-corrected chi connectivity index (χ4v) is 2.95. The van der Waals surface area contributed by atoms with Gasteiger partial charge in [0.1, 0.15) is 5.82 Å². The Hall–Kier alpha value is -1.19.